The van der Waals surface area contributed by atoms with E-state index in [4.69, 9.17) is 11.6 Å². The van der Waals surface area contributed by atoms with Crippen molar-refractivity contribution in [1.82, 2.24) is 24.9 Å². The second-order valence-corrected chi connectivity index (χ2v) is 5.15. The maximum Gasteiger partial charge on any atom is 0.273 e. The third-order valence-electron chi connectivity index (χ3n) is 3.14. The fourth-order valence-electron chi connectivity index (χ4n) is 1.94. The minimum absolute atomic E-state index is 0.177. The molecule has 0 unspecified atom stereocenters. The van der Waals surface area contributed by atoms with Crippen LogP contribution >= 0.6 is 11.6 Å². The Morgan fingerprint density at radius 3 is 2.73 bits per heavy atom. The molecule has 22 heavy (non-hydrogen) atoms. The van der Waals surface area contributed by atoms with E-state index in [0.29, 0.717) is 17.3 Å². The summed E-state index contributed by atoms with van der Waals surface area (Å²) in [6.07, 6.45) is 3.33. The minimum atomic E-state index is -0.356. The number of carbonyl (C=O) groups excluding carboxylic acids is 2. The van der Waals surface area contributed by atoms with E-state index in [-0.39, 0.29) is 23.9 Å². The topological polar surface area (TPSA) is 93.8 Å². The zero-order valence-corrected chi connectivity index (χ0v) is 13.3. The Labute approximate surface area is 132 Å². The van der Waals surface area contributed by atoms with E-state index in [1.54, 1.807) is 24.1 Å². The predicted octanol–water partition coefficient (Wildman–Crippen LogP) is 0.967. The molecule has 0 saturated heterocycles. The summed E-state index contributed by atoms with van der Waals surface area (Å²) in [4.78, 5) is 23.7. The van der Waals surface area contributed by atoms with Crippen molar-refractivity contribution in [3.05, 3.63) is 28.8 Å². The van der Waals surface area contributed by atoms with Gasteiger partial charge in [0, 0.05) is 26.7 Å². The number of halogens is 1. The Morgan fingerprint density at radius 1 is 1.41 bits per heavy atom. The summed E-state index contributed by atoms with van der Waals surface area (Å²) in [6.45, 7) is 2.23. The van der Waals surface area contributed by atoms with Crippen molar-refractivity contribution < 1.29 is 9.59 Å². The van der Waals surface area contributed by atoms with Crippen molar-refractivity contribution in [2.24, 2.45) is 7.05 Å². The first-order valence-electron chi connectivity index (χ1n) is 6.66. The smallest absolute Gasteiger partial charge is 0.273 e. The van der Waals surface area contributed by atoms with E-state index < -0.39 is 0 Å². The van der Waals surface area contributed by atoms with Crippen LogP contribution in [0, 0.1) is 6.92 Å². The molecule has 0 spiro atoms. The van der Waals surface area contributed by atoms with Gasteiger partial charge >= 0.3 is 0 Å². The Morgan fingerprint density at radius 2 is 2.14 bits per heavy atom. The number of carbonyl (C=O) groups is 2. The zero-order valence-electron chi connectivity index (χ0n) is 12.6. The molecule has 0 fully saturated rings. The molecule has 0 aromatic carbocycles. The highest BCUT2D eigenvalue weighted by molar-refractivity contribution is 6.31. The molecule has 0 saturated carbocycles. The fraction of sp³-hybridized carbons (Fsp3) is 0.385. The summed E-state index contributed by atoms with van der Waals surface area (Å²) in [7, 11) is 3.18. The maximum absolute atomic E-state index is 12.0. The normalized spacial score (nSPS) is 10.5. The summed E-state index contributed by atoms with van der Waals surface area (Å²) in [6, 6.07) is 0. The highest BCUT2D eigenvalue weighted by atomic mass is 35.5. The van der Waals surface area contributed by atoms with Crippen LogP contribution in [-0.2, 0) is 18.4 Å². The second kappa shape index (κ2) is 6.61. The number of anilines is 1. The molecule has 118 valence electrons. The van der Waals surface area contributed by atoms with Gasteiger partial charge in [-0.05, 0) is 6.92 Å². The van der Waals surface area contributed by atoms with Crippen LogP contribution in [0.2, 0.25) is 5.02 Å². The number of amides is 2. The first kappa shape index (κ1) is 16.0. The number of aryl methyl sites for hydroxylation is 2. The van der Waals surface area contributed by atoms with Crippen molar-refractivity contribution in [3.63, 3.8) is 0 Å². The van der Waals surface area contributed by atoms with E-state index in [0.717, 1.165) is 5.69 Å². The molecule has 0 aliphatic heterocycles. The van der Waals surface area contributed by atoms with Gasteiger partial charge in [0.25, 0.3) is 5.91 Å². The molecule has 0 aliphatic carbocycles. The van der Waals surface area contributed by atoms with Crippen molar-refractivity contribution in [1.29, 1.82) is 0 Å². The van der Waals surface area contributed by atoms with Crippen LogP contribution in [0.15, 0.2) is 12.4 Å². The van der Waals surface area contributed by atoms with Crippen molar-refractivity contribution in [2.75, 3.05) is 12.4 Å². The maximum atomic E-state index is 12.0. The lowest BCUT2D eigenvalue weighted by atomic mass is 10.3. The SMILES string of the molecule is CNC(=O)c1nn(C)cc1NC(=O)CCn1ncc(Cl)c1C. The quantitative estimate of drug-likeness (QED) is 0.856. The summed E-state index contributed by atoms with van der Waals surface area (Å²) >= 11 is 5.91. The average molecular weight is 325 g/mol. The van der Waals surface area contributed by atoms with Crippen molar-refractivity contribution in [2.45, 2.75) is 19.9 Å². The molecule has 2 amide bonds. The van der Waals surface area contributed by atoms with Gasteiger partial charge in [-0.2, -0.15) is 10.2 Å². The predicted molar refractivity (Wildman–Crippen MR) is 81.8 cm³/mol. The lowest BCUT2D eigenvalue weighted by Gasteiger charge is -2.06. The Balaban J connectivity index is 2.00. The van der Waals surface area contributed by atoms with Gasteiger partial charge in [-0.1, -0.05) is 11.6 Å². The lowest BCUT2D eigenvalue weighted by molar-refractivity contribution is -0.116. The molecule has 2 aromatic heterocycles. The molecule has 8 nitrogen and oxygen atoms in total. The van der Waals surface area contributed by atoms with Crippen molar-refractivity contribution in [3.8, 4) is 0 Å². The molecule has 0 bridgehead atoms. The van der Waals surface area contributed by atoms with E-state index in [9.17, 15) is 9.59 Å². The average Bonchev–Trinajstić information content (AvgIpc) is 3.00. The van der Waals surface area contributed by atoms with Gasteiger partial charge in [0.2, 0.25) is 5.91 Å². The van der Waals surface area contributed by atoms with Gasteiger partial charge in [0.1, 0.15) is 0 Å². The number of aromatic nitrogens is 4. The van der Waals surface area contributed by atoms with Crippen LogP contribution in [0.25, 0.3) is 0 Å². The fourth-order valence-corrected chi connectivity index (χ4v) is 2.08. The molecule has 2 rings (SSSR count). The summed E-state index contributed by atoms with van der Waals surface area (Å²) in [5.41, 5.74) is 1.36. The van der Waals surface area contributed by atoms with Gasteiger partial charge in [0.15, 0.2) is 5.69 Å². The van der Waals surface area contributed by atoms with Crippen LogP contribution < -0.4 is 10.6 Å². The third-order valence-corrected chi connectivity index (χ3v) is 3.51. The van der Waals surface area contributed by atoms with Gasteiger partial charge in [-0.25, -0.2) is 0 Å². The van der Waals surface area contributed by atoms with Crippen molar-refractivity contribution >= 4 is 29.1 Å². The van der Waals surface area contributed by atoms with Crippen LogP contribution in [0.5, 0.6) is 0 Å². The van der Waals surface area contributed by atoms with E-state index in [1.165, 1.54) is 11.7 Å². The van der Waals surface area contributed by atoms with Crippen LogP contribution in [0.3, 0.4) is 0 Å². The Bertz CT molecular complexity index is 705. The standard InChI is InChI=1S/C13H17ClN6O2/c1-8-9(14)6-16-20(8)5-4-11(21)17-10-7-19(3)18-12(10)13(22)15-2/h6-7H,4-5H2,1-3H3,(H,15,22)(H,17,21). The van der Waals surface area contributed by atoms with Gasteiger partial charge in [-0.15, -0.1) is 0 Å². The van der Waals surface area contributed by atoms with Crippen LogP contribution in [0.1, 0.15) is 22.6 Å². The van der Waals surface area contributed by atoms with Gasteiger partial charge in [0.05, 0.1) is 29.1 Å². The molecule has 2 aromatic rings. The number of hydrogen-bond donors (Lipinski definition) is 2. The highest BCUT2D eigenvalue weighted by Gasteiger charge is 2.17. The number of rotatable bonds is 5. The third kappa shape index (κ3) is 3.45. The molecule has 0 radical (unpaired) electrons. The summed E-state index contributed by atoms with van der Waals surface area (Å²) < 4.78 is 3.13. The summed E-state index contributed by atoms with van der Waals surface area (Å²) in [5, 5.41) is 13.8. The molecule has 0 aliphatic rings. The molecule has 0 atom stereocenters. The first-order chi connectivity index (χ1) is 10.4. The molecular weight excluding hydrogens is 308 g/mol. The van der Waals surface area contributed by atoms with E-state index >= 15 is 0 Å². The first-order valence-corrected chi connectivity index (χ1v) is 7.03. The largest absolute Gasteiger partial charge is 0.354 e. The minimum Gasteiger partial charge on any atom is -0.354 e. The monoisotopic (exact) mass is 324 g/mol. The Kier molecular flexibility index (Phi) is 4.81. The number of nitrogens with zero attached hydrogens (tertiary/aromatic N) is 4. The number of nitrogens with one attached hydrogen (secondary N) is 2. The van der Waals surface area contributed by atoms with E-state index in [2.05, 4.69) is 20.8 Å². The van der Waals surface area contributed by atoms with Crippen LogP contribution in [-0.4, -0.2) is 38.4 Å². The molecule has 2 heterocycles. The van der Waals surface area contributed by atoms with Gasteiger partial charge in [-0.3, -0.25) is 19.0 Å². The highest BCUT2D eigenvalue weighted by Crippen LogP contribution is 2.15. The zero-order chi connectivity index (χ0) is 16.3. The number of hydrogen-bond acceptors (Lipinski definition) is 4. The van der Waals surface area contributed by atoms with E-state index in [1.807, 2.05) is 6.92 Å². The summed E-state index contributed by atoms with van der Waals surface area (Å²) in [5.74, 6) is -0.588. The molecule has 9 heteroatoms. The molecular formula is C13H17ClN6O2. The molecule has 2 N–H and O–H groups in total. The van der Waals surface area contributed by atoms with Crippen LogP contribution in [0.4, 0.5) is 5.69 Å². The lowest BCUT2D eigenvalue weighted by Crippen LogP contribution is -2.22. The second-order valence-electron chi connectivity index (χ2n) is 4.74. The Hall–Kier alpha value is -2.35. The van der Waals surface area contributed by atoms with Gasteiger partial charge < -0.3 is 10.6 Å².